The summed E-state index contributed by atoms with van der Waals surface area (Å²) in [5.74, 6) is 0.485. The van der Waals surface area contributed by atoms with Crippen molar-refractivity contribution in [3.8, 4) is 0 Å². The van der Waals surface area contributed by atoms with Gasteiger partial charge < -0.3 is 10.2 Å². The maximum atomic E-state index is 13.0. The van der Waals surface area contributed by atoms with Crippen LogP contribution in [0.25, 0.3) is 0 Å². The Kier molecular flexibility index (Phi) is 5.38. The number of anilines is 1. The number of benzene rings is 1. The summed E-state index contributed by atoms with van der Waals surface area (Å²) < 4.78 is 13.0. The molecule has 0 amide bonds. The molecule has 1 heterocycles. The van der Waals surface area contributed by atoms with Gasteiger partial charge in [0.1, 0.15) is 5.82 Å². The molecule has 3 nitrogen and oxygen atoms in total. The van der Waals surface area contributed by atoms with Gasteiger partial charge in [0.15, 0.2) is 0 Å². The molecule has 2 atom stereocenters. The lowest BCUT2D eigenvalue weighted by molar-refractivity contribution is 0.152. The van der Waals surface area contributed by atoms with Crippen molar-refractivity contribution in [1.82, 2.24) is 10.2 Å². The molecule has 1 aromatic carbocycles. The van der Waals surface area contributed by atoms with Gasteiger partial charge in [0.05, 0.1) is 0 Å². The predicted octanol–water partition coefficient (Wildman–Crippen LogP) is 2.19. The first kappa shape index (κ1) is 15.3. The highest BCUT2D eigenvalue weighted by atomic mass is 19.1. The first-order chi connectivity index (χ1) is 9.61. The molecule has 0 aliphatic carbocycles. The first-order valence-corrected chi connectivity index (χ1v) is 7.51. The first-order valence-electron chi connectivity index (χ1n) is 7.51. The number of rotatable bonds is 5. The number of hydrogen-bond donors (Lipinski definition) is 1. The van der Waals surface area contributed by atoms with E-state index in [-0.39, 0.29) is 5.82 Å². The van der Waals surface area contributed by atoms with E-state index in [0.717, 1.165) is 38.4 Å². The van der Waals surface area contributed by atoms with Crippen LogP contribution in [0.5, 0.6) is 0 Å². The molecular weight excluding hydrogens is 253 g/mol. The van der Waals surface area contributed by atoms with Gasteiger partial charge in [-0.2, -0.15) is 0 Å². The van der Waals surface area contributed by atoms with Crippen LogP contribution >= 0.6 is 0 Å². The molecule has 0 bridgehead atoms. The second-order valence-corrected chi connectivity index (χ2v) is 5.77. The average Bonchev–Trinajstić information content (AvgIpc) is 2.48. The van der Waals surface area contributed by atoms with Crippen molar-refractivity contribution in [2.24, 2.45) is 5.92 Å². The van der Waals surface area contributed by atoms with Crippen molar-refractivity contribution >= 4 is 5.69 Å². The summed E-state index contributed by atoms with van der Waals surface area (Å²) in [5, 5.41) is 3.25. The fourth-order valence-corrected chi connectivity index (χ4v) is 2.89. The van der Waals surface area contributed by atoms with E-state index in [0.29, 0.717) is 12.0 Å². The van der Waals surface area contributed by atoms with Crippen molar-refractivity contribution in [3.05, 3.63) is 30.1 Å². The van der Waals surface area contributed by atoms with Crippen molar-refractivity contribution in [1.29, 1.82) is 0 Å². The molecule has 1 aliphatic rings. The van der Waals surface area contributed by atoms with E-state index in [1.54, 1.807) is 12.1 Å². The minimum atomic E-state index is -0.165. The molecule has 1 aromatic rings. The molecule has 4 heteroatoms. The van der Waals surface area contributed by atoms with Crippen LogP contribution in [0, 0.1) is 11.7 Å². The quantitative estimate of drug-likeness (QED) is 0.891. The van der Waals surface area contributed by atoms with Crippen molar-refractivity contribution in [2.45, 2.75) is 19.9 Å². The summed E-state index contributed by atoms with van der Waals surface area (Å²) >= 11 is 0. The topological polar surface area (TPSA) is 18.5 Å². The normalized spacial score (nSPS) is 19.9. The molecule has 1 N–H and O–H groups in total. The third-order valence-electron chi connectivity index (χ3n) is 4.43. The van der Waals surface area contributed by atoms with Crippen LogP contribution in [-0.2, 0) is 0 Å². The Labute approximate surface area is 121 Å². The molecule has 0 saturated carbocycles. The lowest BCUT2D eigenvalue weighted by Crippen LogP contribution is -2.52. The van der Waals surface area contributed by atoms with Gasteiger partial charge in [0.2, 0.25) is 0 Å². The zero-order chi connectivity index (χ0) is 14.5. The van der Waals surface area contributed by atoms with E-state index < -0.39 is 0 Å². The smallest absolute Gasteiger partial charge is 0.123 e. The highest BCUT2D eigenvalue weighted by Gasteiger charge is 2.24. The van der Waals surface area contributed by atoms with Gasteiger partial charge in [0.25, 0.3) is 0 Å². The van der Waals surface area contributed by atoms with Crippen LogP contribution in [0.15, 0.2) is 24.3 Å². The summed E-state index contributed by atoms with van der Waals surface area (Å²) in [7, 11) is 2.01. The van der Waals surface area contributed by atoms with Crippen LogP contribution < -0.4 is 10.2 Å². The summed E-state index contributed by atoms with van der Waals surface area (Å²) in [6.45, 7) is 9.85. The number of piperazine rings is 1. The van der Waals surface area contributed by atoms with E-state index >= 15 is 0 Å². The molecule has 1 fully saturated rings. The van der Waals surface area contributed by atoms with E-state index in [1.807, 2.05) is 19.2 Å². The third kappa shape index (κ3) is 3.70. The molecule has 0 aromatic heterocycles. The summed E-state index contributed by atoms with van der Waals surface area (Å²) in [4.78, 5) is 4.90. The molecule has 0 spiro atoms. The zero-order valence-corrected chi connectivity index (χ0v) is 12.8. The number of hydrogen-bond acceptors (Lipinski definition) is 3. The van der Waals surface area contributed by atoms with E-state index in [2.05, 4.69) is 29.0 Å². The molecular formula is C16H26FN3. The van der Waals surface area contributed by atoms with Crippen molar-refractivity contribution < 1.29 is 4.39 Å². The van der Waals surface area contributed by atoms with Gasteiger partial charge in [-0.15, -0.1) is 0 Å². The fourth-order valence-electron chi connectivity index (χ4n) is 2.89. The van der Waals surface area contributed by atoms with Gasteiger partial charge in [-0.25, -0.2) is 4.39 Å². The maximum Gasteiger partial charge on any atom is 0.123 e. The lowest BCUT2D eigenvalue weighted by atomic mass is 10.0. The standard InChI is InChI=1S/C16H26FN3/c1-13(12-18-3)14(2)19-8-10-20(11-9-19)16-6-4-15(17)5-7-16/h4-7,13-14,18H,8-12H2,1-3H3. The summed E-state index contributed by atoms with van der Waals surface area (Å²) in [5.41, 5.74) is 1.13. The molecule has 0 radical (unpaired) electrons. The van der Waals surface area contributed by atoms with E-state index in [9.17, 15) is 4.39 Å². The Morgan fingerprint density at radius 3 is 2.25 bits per heavy atom. The number of nitrogens with zero attached hydrogens (tertiary/aromatic N) is 2. The van der Waals surface area contributed by atoms with Gasteiger partial charge >= 0.3 is 0 Å². The molecule has 1 aliphatic heterocycles. The minimum absolute atomic E-state index is 0.165. The molecule has 2 rings (SSSR count). The third-order valence-corrected chi connectivity index (χ3v) is 4.43. The van der Waals surface area contributed by atoms with Crippen LogP contribution in [-0.4, -0.2) is 50.7 Å². The van der Waals surface area contributed by atoms with Crippen molar-refractivity contribution in [2.75, 3.05) is 44.7 Å². The summed E-state index contributed by atoms with van der Waals surface area (Å²) in [6.07, 6.45) is 0. The molecule has 2 unspecified atom stereocenters. The number of halogens is 1. The SMILES string of the molecule is CNCC(C)C(C)N1CCN(c2ccc(F)cc2)CC1. The zero-order valence-electron chi connectivity index (χ0n) is 12.8. The van der Waals surface area contributed by atoms with Gasteiger partial charge in [-0.1, -0.05) is 6.92 Å². The molecule has 1 saturated heterocycles. The Morgan fingerprint density at radius 1 is 1.10 bits per heavy atom. The minimum Gasteiger partial charge on any atom is -0.369 e. The Morgan fingerprint density at radius 2 is 1.70 bits per heavy atom. The Balaban J connectivity index is 1.87. The van der Waals surface area contributed by atoms with Gasteiger partial charge in [0, 0.05) is 37.9 Å². The summed E-state index contributed by atoms with van der Waals surface area (Å²) in [6, 6.07) is 7.42. The van der Waals surface area contributed by atoms with Crippen LogP contribution in [0.3, 0.4) is 0 Å². The van der Waals surface area contributed by atoms with Gasteiger partial charge in [-0.05, 0) is 50.7 Å². The maximum absolute atomic E-state index is 13.0. The molecule has 112 valence electrons. The monoisotopic (exact) mass is 279 g/mol. The van der Waals surface area contributed by atoms with E-state index in [4.69, 9.17) is 0 Å². The highest BCUT2D eigenvalue weighted by molar-refractivity contribution is 5.46. The van der Waals surface area contributed by atoms with Crippen LogP contribution in [0.4, 0.5) is 10.1 Å². The Hall–Kier alpha value is -1.13. The fraction of sp³-hybridized carbons (Fsp3) is 0.625. The van der Waals surface area contributed by atoms with Crippen molar-refractivity contribution in [3.63, 3.8) is 0 Å². The second-order valence-electron chi connectivity index (χ2n) is 5.77. The molecule has 20 heavy (non-hydrogen) atoms. The highest BCUT2D eigenvalue weighted by Crippen LogP contribution is 2.19. The predicted molar refractivity (Wildman–Crippen MR) is 82.7 cm³/mol. The number of nitrogens with one attached hydrogen (secondary N) is 1. The van der Waals surface area contributed by atoms with E-state index in [1.165, 1.54) is 0 Å². The largest absolute Gasteiger partial charge is 0.369 e. The van der Waals surface area contributed by atoms with Gasteiger partial charge in [-0.3, -0.25) is 4.90 Å². The second kappa shape index (κ2) is 7.04. The van der Waals surface area contributed by atoms with Crippen LogP contribution in [0.2, 0.25) is 0 Å². The average molecular weight is 279 g/mol. The Bertz CT molecular complexity index is 399. The lowest BCUT2D eigenvalue weighted by Gasteiger charge is -2.41. The van der Waals surface area contributed by atoms with Crippen LogP contribution in [0.1, 0.15) is 13.8 Å².